The molecule has 1 heterocycles. The molecule has 0 saturated carbocycles. The van der Waals surface area contributed by atoms with E-state index in [2.05, 4.69) is 15.6 Å². The number of thiazole rings is 1. The number of aromatic nitrogens is 1. The number of nitrogens with one attached hydrogen (secondary N) is 3. The Morgan fingerprint density at radius 3 is 2.95 bits per heavy atom. The van der Waals surface area contributed by atoms with Gasteiger partial charge in [-0.1, -0.05) is 17.4 Å². The van der Waals surface area contributed by atoms with Gasteiger partial charge in [0.25, 0.3) is 0 Å². The largest absolute Gasteiger partial charge is 0.325 e. The molecule has 2 aromatic rings. The van der Waals surface area contributed by atoms with Crippen molar-refractivity contribution < 1.29 is 9.18 Å². The van der Waals surface area contributed by atoms with Gasteiger partial charge in [-0.2, -0.15) is 0 Å². The summed E-state index contributed by atoms with van der Waals surface area (Å²) in [5.74, 6) is -0.676. The number of carbonyl (C=O) groups excluding carboxylic acids is 1. The predicted molar refractivity (Wildman–Crippen MR) is 71.7 cm³/mol. The number of carbonyl (C=O) groups is 1. The van der Waals surface area contributed by atoms with Crippen LogP contribution < -0.4 is 15.5 Å². The Labute approximate surface area is 112 Å². The summed E-state index contributed by atoms with van der Waals surface area (Å²) in [6, 6.07) is 5.68. The first-order valence-corrected chi connectivity index (χ1v) is 6.44. The van der Waals surface area contributed by atoms with E-state index in [1.165, 1.54) is 18.2 Å². The maximum absolute atomic E-state index is 12.9. The first kappa shape index (κ1) is 13.4. The van der Waals surface area contributed by atoms with Gasteiger partial charge in [0, 0.05) is 23.3 Å². The zero-order chi connectivity index (χ0) is 13.7. The van der Waals surface area contributed by atoms with Crippen molar-refractivity contribution in [3.05, 3.63) is 50.8 Å². The maximum atomic E-state index is 12.9. The molecular weight excluding hydrogens is 269 g/mol. The van der Waals surface area contributed by atoms with Crippen LogP contribution in [0, 0.1) is 5.82 Å². The summed E-state index contributed by atoms with van der Waals surface area (Å²) in [5.41, 5.74) is 1.14. The number of hydrogen-bond acceptors (Lipinski definition) is 4. The number of H-pyrrole nitrogens is 1. The van der Waals surface area contributed by atoms with Gasteiger partial charge in [0.05, 0.1) is 6.54 Å². The molecule has 0 aliphatic heterocycles. The van der Waals surface area contributed by atoms with Gasteiger partial charge >= 0.3 is 4.87 Å². The SMILES string of the molecule is O=C(CNCc1csc(=O)[nH]1)Nc1cccc(F)c1. The summed E-state index contributed by atoms with van der Waals surface area (Å²) in [6.45, 7) is 0.476. The van der Waals surface area contributed by atoms with E-state index in [0.717, 1.165) is 17.0 Å². The maximum Gasteiger partial charge on any atom is 0.304 e. The molecule has 0 atom stereocenters. The second-order valence-electron chi connectivity index (χ2n) is 3.84. The van der Waals surface area contributed by atoms with Gasteiger partial charge in [-0.25, -0.2) is 4.39 Å². The zero-order valence-electron chi connectivity index (χ0n) is 9.90. The topological polar surface area (TPSA) is 74.0 Å². The van der Waals surface area contributed by atoms with Crippen molar-refractivity contribution in [2.45, 2.75) is 6.54 Å². The second-order valence-corrected chi connectivity index (χ2v) is 4.68. The van der Waals surface area contributed by atoms with Crippen LogP contribution in [-0.2, 0) is 11.3 Å². The molecule has 0 radical (unpaired) electrons. The Morgan fingerprint density at radius 2 is 2.26 bits per heavy atom. The van der Waals surface area contributed by atoms with E-state index in [9.17, 15) is 14.0 Å². The highest BCUT2D eigenvalue weighted by molar-refractivity contribution is 7.07. The second kappa shape index (κ2) is 6.26. The fourth-order valence-corrected chi connectivity index (χ4v) is 2.06. The van der Waals surface area contributed by atoms with Crippen molar-refractivity contribution >= 4 is 22.9 Å². The first-order valence-electron chi connectivity index (χ1n) is 5.56. The zero-order valence-corrected chi connectivity index (χ0v) is 10.7. The molecule has 0 bridgehead atoms. The molecule has 0 saturated heterocycles. The normalized spacial score (nSPS) is 10.4. The van der Waals surface area contributed by atoms with Crippen LogP contribution in [-0.4, -0.2) is 17.4 Å². The summed E-state index contributed by atoms with van der Waals surface area (Å²) in [6.07, 6.45) is 0. The third-order valence-electron chi connectivity index (χ3n) is 2.28. The van der Waals surface area contributed by atoms with Gasteiger partial charge in [-0.05, 0) is 18.2 Å². The molecular formula is C12H12FN3O2S. The highest BCUT2D eigenvalue weighted by atomic mass is 32.1. The molecule has 1 aromatic carbocycles. The lowest BCUT2D eigenvalue weighted by Gasteiger charge is -2.06. The molecule has 0 aliphatic rings. The number of benzene rings is 1. The molecule has 100 valence electrons. The predicted octanol–water partition coefficient (Wildman–Crippen LogP) is 1.30. The molecule has 19 heavy (non-hydrogen) atoms. The minimum Gasteiger partial charge on any atom is -0.325 e. The van der Waals surface area contributed by atoms with E-state index in [-0.39, 0.29) is 17.3 Å². The highest BCUT2D eigenvalue weighted by Crippen LogP contribution is 2.08. The van der Waals surface area contributed by atoms with Gasteiger partial charge in [0.1, 0.15) is 5.82 Å². The fourth-order valence-electron chi connectivity index (χ4n) is 1.48. The van der Waals surface area contributed by atoms with Crippen LogP contribution in [0.15, 0.2) is 34.4 Å². The van der Waals surface area contributed by atoms with E-state index in [1.807, 2.05) is 0 Å². The van der Waals surface area contributed by atoms with Crippen LogP contribution in [0.3, 0.4) is 0 Å². The Hall–Kier alpha value is -1.99. The summed E-state index contributed by atoms with van der Waals surface area (Å²) < 4.78 is 12.9. The third-order valence-corrected chi connectivity index (χ3v) is 3.00. The quantitative estimate of drug-likeness (QED) is 0.773. The number of hydrogen-bond donors (Lipinski definition) is 3. The molecule has 1 aromatic heterocycles. The van der Waals surface area contributed by atoms with Crippen molar-refractivity contribution in [2.24, 2.45) is 0 Å². The Bertz CT molecular complexity index is 623. The van der Waals surface area contributed by atoms with Crippen LogP contribution in [0.5, 0.6) is 0 Å². The fraction of sp³-hybridized carbons (Fsp3) is 0.167. The number of aromatic amines is 1. The lowest BCUT2D eigenvalue weighted by atomic mass is 10.3. The van der Waals surface area contributed by atoms with E-state index in [4.69, 9.17) is 0 Å². The van der Waals surface area contributed by atoms with Crippen LogP contribution in [0.25, 0.3) is 0 Å². The lowest BCUT2D eigenvalue weighted by molar-refractivity contribution is -0.115. The molecule has 0 aliphatic carbocycles. The first-order chi connectivity index (χ1) is 9.13. The molecule has 7 heteroatoms. The summed E-state index contributed by atoms with van der Waals surface area (Å²) in [4.78, 5) is 24.9. The van der Waals surface area contributed by atoms with Crippen molar-refractivity contribution in [1.29, 1.82) is 0 Å². The van der Waals surface area contributed by atoms with E-state index in [0.29, 0.717) is 12.2 Å². The van der Waals surface area contributed by atoms with E-state index in [1.54, 1.807) is 11.4 Å². The molecule has 1 amide bonds. The number of amides is 1. The number of halogens is 1. The number of rotatable bonds is 5. The van der Waals surface area contributed by atoms with Crippen molar-refractivity contribution in [1.82, 2.24) is 10.3 Å². The average Bonchev–Trinajstić information content (AvgIpc) is 2.75. The van der Waals surface area contributed by atoms with Gasteiger partial charge < -0.3 is 15.6 Å². The number of anilines is 1. The standard InChI is InChI=1S/C12H12FN3O2S/c13-8-2-1-3-9(4-8)15-11(17)6-14-5-10-7-19-12(18)16-10/h1-4,7,14H,5-6H2,(H,15,17)(H,16,18). The van der Waals surface area contributed by atoms with Crippen molar-refractivity contribution in [3.8, 4) is 0 Å². The summed E-state index contributed by atoms with van der Waals surface area (Å²) in [7, 11) is 0. The molecule has 5 nitrogen and oxygen atoms in total. The minimum absolute atomic E-state index is 0.0778. The summed E-state index contributed by atoms with van der Waals surface area (Å²) >= 11 is 1.07. The minimum atomic E-state index is -0.401. The Balaban J connectivity index is 1.77. The molecule has 0 fully saturated rings. The van der Waals surface area contributed by atoms with Crippen molar-refractivity contribution in [2.75, 3.05) is 11.9 Å². The van der Waals surface area contributed by atoms with Gasteiger partial charge in [-0.15, -0.1) is 0 Å². The van der Waals surface area contributed by atoms with Gasteiger partial charge in [0.15, 0.2) is 0 Å². The van der Waals surface area contributed by atoms with Crippen LogP contribution >= 0.6 is 11.3 Å². The lowest BCUT2D eigenvalue weighted by Crippen LogP contribution is -2.28. The third kappa shape index (κ3) is 4.31. The molecule has 0 spiro atoms. The Morgan fingerprint density at radius 1 is 1.42 bits per heavy atom. The molecule has 3 N–H and O–H groups in total. The summed E-state index contributed by atoms with van der Waals surface area (Å²) in [5, 5.41) is 7.14. The van der Waals surface area contributed by atoms with Crippen molar-refractivity contribution in [3.63, 3.8) is 0 Å². The van der Waals surface area contributed by atoms with E-state index >= 15 is 0 Å². The monoisotopic (exact) mass is 281 g/mol. The smallest absolute Gasteiger partial charge is 0.304 e. The molecule has 2 rings (SSSR count). The van der Waals surface area contributed by atoms with Gasteiger partial charge in [-0.3, -0.25) is 9.59 Å². The van der Waals surface area contributed by atoms with Crippen LogP contribution in [0.4, 0.5) is 10.1 Å². The Kier molecular flexibility index (Phi) is 4.43. The van der Waals surface area contributed by atoms with Crippen LogP contribution in [0.1, 0.15) is 5.69 Å². The molecule has 0 unspecified atom stereocenters. The average molecular weight is 281 g/mol. The highest BCUT2D eigenvalue weighted by Gasteiger charge is 2.03. The van der Waals surface area contributed by atoms with Crippen LogP contribution in [0.2, 0.25) is 0 Å². The van der Waals surface area contributed by atoms with Gasteiger partial charge in [0.2, 0.25) is 5.91 Å². The van der Waals surface area contributed by atoms with E-state index < -0.39 is 5.82 Å².